The molecular formula is C10H9FN4. The van der Waals surface area contributed by atoms with E-state index in [1.807, 2.05) is 0 Å². The van der Waals surface area contributed by atoms with Gasteiger partial charge in [-0.2, -0.15) is 5.10 Å². The third kappa shape index (κ3) is 1.90. The normalized spacial score (nSPS) is 10.3. The van der Waals surface area contributed by atoms with Gasteiger partial charge in [0.1, 0.15) is 5.82 Å². The zero-order valence-electron chi connectivity index (χ0n) is 8.11. The maximum atomic E-state index is 13.3. The fourth-order valence-electron chi connectivity index (χ4n) is 1.21. The van der Waals surface area contributed by atoms with Crippen molar-refractivity contribution in [1.82, 2.24) is 15.2 Å². The molecule has 5 heteroatoms. The van der Waals surface area contributed by atoms with Crippen LogP contribution >= 0.6 is 0 Å². The van der Waals surface area contributed by atoms with Crippen LogP contribution in [0.2, 0.25) is 0 Å². The second-order valence-electron chi connectivity index (χ2n) is 3.16. The molecule has 0 aliphatic heterocycles. The summed E-state index contributed by atoms with van der Waals surface area (Å²) in [6.07, 6.45) is 1.44. The first-order valence-corrected chi connectivity index (χ1v) is 4.38. The molecule has 76 valence electrons. The molecule has 0 aliphatic rings. The minimum atomic E-state index is -0.273. The van der Waals surface area contributed by atoms with Crippen molar-refractivity contribution < 1.29 is 4.39 Å². The summed E-state index contributed by atoms with van der Waals surface area (Å²) in [7, 11) is 0. The minimum Gasteiger partial charge on any atom is -0.366 e. The molecular weight excluding hydrogens is 195 g/mol. The standard InChI is InChI=1S/C10H9FN4/c1-6-2-3-7(4-8(6)11)9-5-13-15-10(12)14-9/h2-5H,1H3,(H2,12,14,15). The Labute approximate surface area is 86.0 Å². The smallest absolute Gasteiger partial charge is 0.240 e. The van der Waals surface area contributed by atoms with Gasteiger partial charge in [-0.1, -0.05) is 12.1 Å². The quantitative estimate of drug-likeness (QED) is 0.765. The average molecular weight is 204 g/mol. The van der Waals surface area contributed by atoms with Crippen molar-refractivity contribution in [3.05, 3.63) is 35.8 Å². The van der Waals surface area contributed by atoms with E-state index in [0.29, 0.717) is 16.8 Å². The molecule has 15 heavy (non-hydrogen) atoms. The molecule has 0 amide bonds. The summed E-state index contributed by atoms with van der Waals surface area (Å²) in [5, 5.41) is 7.18. The van der Waals surface area contributed by atoms with E-state index in [4.69, 9.17) is 5.73 Å². The third-order valence-corrected chi connectivity index (χ3v) is 2.04. The Hall–Kier alpha value is -2.04. The Bertz CT molecular complexity index is 499. The lowest BCUT2D eigenvalue weighted by molar-refractivity contribution is 0.619. The summed E-state index contributed by atoms with van der Waals surface area (Å²) >= 11 is 0. The first-order chi connectivity index (χ1) is 7.16. The van der Waals surface area contributed by atoms with Gasteiger partial charge in [0.25, 0.3) is 0 Å². The van der Waals surface area contributed by atoms with Crippen LogP contribution in [0.15, 0.2) is 24.4 Å². The molecule has 0 saturated heterocycles. The van der Waals surface area contributed by atoms with Gasteiger partial charge in [0, 0.05) is 5.56 Å². The van der Waals surface area contributed by atoms with Gasteiger partial charge in [-0.25, -0.2) is 9.37 Å². The van der Waals surface area contributed by atoms with Crippen molar-refractivity contribution >= 4 is 5.95 Å². The fourth-order valence-corrected chi connectivity index (χ4v) is 1.21. The van der Waals surface area contributed by atoms with Gasteiger partial charge in [-0.15, -0.1) is 5.10 Å². The summed E-state index contributed by atoms with van der Waals surface area (Å²) in [6, 6.07) is 4.85. The van der Waals surface area contributed by atoms with Crippen molar-refractivity contribution in [2.24, 2.45) is 0 Å². The lowest BCUT2D eigenvalue weighted by Crippen LogP contribution is -1.98. The molecule has 0 bridgehead atoms. The first-order valence-electron chi connectivity index (χ1n) is 4.38. The number of hydrogen-bond acceptors (Lipinski definition) is 4. The largest absolute Gasteiger partial charge is 0.366 e. The Morgan fingerprint density at radius 2 is 2.13 bits per heavy atom. The average Bonchev–Trinajstić information content (AvgIpc) is 2.22. The number of aromatic nitrogens is 3. The Balaban J connectivity index is 2.50. The van der Waals surface area contributed by atoms with E-state index in [-0.39, 0.29) is 11.8 Å². The Kier molecular flexibility index (Phi) is 2.29. The van der Waals surface area contributed by atoms with Crippen molar-refractivity contribution in [2.45, 2.75) is 6.92 Å². The zero-order chi connectivity index (χ0) is 10.8. The van der Waals surface area contributed by atoms with Gasteiger partial charge >= 0.3 is 0 Å². The number of nitrogens with two attached hydrogens (primary N) is 1. The number of nitrogen functional groups attached to an aromatic ring is 1. The van der Waals surface area contributed by atoms with Crippen LogP contribution in [0.5, 0.6) is 0 Å². The molecule has 0 unspecified atom stereocenters. The van der Waals surface area contributed by atoms with E-state index >= 15 is 0 Å². The summed E-state index contributed by atoms with van der Waals surface area (Å²) in [6.45, 7) is 1.70. The third-order valence-electron chi connectivity index (χ3n) is 2.04. The second-order valence-corrected chi connectivity index (χ2v) is 3.16. The molecule has 1 heterocycles. The van der Waals surface area contributed by atoms with Crippen LogP contribution in [-0.4, -0.2) is 15.2 Å². The lowest BCUT2D eigenvalue weighted by Gasteiger charge is -2.02. The molecule has 0 aliphatic carbocycles. The highest BCUT2D eigenvalue weighted by Crippen LogP contribution is 2.19. The van der Waals surface area contributed by atoms with Crippen LogP contribution in [0.3, 0.4) is 0 Å². The number of rotatable bonds is 1. The molecule has 2 N–H and O–H groups in total. The maximum Gasteiger partial charge on any atom is 0.240 e. The fraction of sp³-hybridized carbons (Fsp3) is 0.100. The highest BCUT2D eigenvalue weighted by molar-refractivity contribution is 5.59. The van der Waals surface area contributed by atoms with Crippen LogP contribution in [0.1, 0.15) is 5.56 Å². The van der Waals surface area contributed by atoms with Crippen LogP contribution in [0.25, 0.3) is 11.3 Å². The summed E-state index contributed by atoms with van der Waals surface area (Å²) in [5.74, 6) is -0.196. The topological polar surface area (TPSA) is 64.7 Å². The van der Waals surface area contributed by atoms with E-state index < -0.39 is 0 Å². The molecule has 1 aromatic carbocycles. The van der Waals surface area contributed by atoms with E-state index in [1.165, 1.54) is 12.3 Å². The number of aryl methyl sites for hydroxylation is 1. The monoisotopic (exact) mass is 204 g/mol. The van der Waals surface area contributed by atoms with Crippen molar-refractivity contribution in [2.75, 3.05) is 5.73 Å². The second kappa shape index (κ2) is 3.61. The van der Waals surface area contributed by atoms with Crippen LogP contribution in [-0.2, 0) is 0 Å². The first kappa shape index (κ1) is 9.51. The maximum absolute atomic E-state index is 13.3. The molecule has 0 radical (unpaired) electrons. The van der Waals surface area contributed by atoms with Gasteiger partial charge in [0.05, 0.1) is 11.9 Å². The van der Waals surface area contributed by atoms with Crippen molar-refractivity contribution in [3.8, 4) is 11.3 Å². The van der Waals surface area contributed by atoms with Gasteiger partial charge in [0.2, 0.25) is 5.95 Å². The van der Waals surface area contributed by atoms with Crippen LogP contribution < -0.4 is 5.73 Å². The minimum absolute atomic E-state index is 0.0773. The molecule has 2 aromatic rings. The summed E-state index contributed by atoms with van der Waals surface area (Å²) in [5.41, 5.74) is 7.13. The molecule has 0 saturated carbocycles. The van der Waals surface area contributed by atoms with Gasteiger partial charge < -0.3 is 5.73 Å². The van der Waals surface area contributed by atoms with E-state index in [9.17, 15) is 4.39 Å². The van der Waals surface area contributed by atoms with E-state index in [0.717, 1.165) is 0 Å². The Morgan fingerprint density at radius 1 is 1.33 bits per heavy atom. The highest BCUT2D eigenvalue weighted by Gasteiger charge is 2.04. The highest BCUT2D eigenvalue weighted by atomic mass is 19.1. The van der Waals surface area contributed by atoms with Gasteiger partial charge in [-0.05, 0) is 18.6 Å². The van der Waals surface area contributed by atoms with Crippen molar-refractivity contribution in [1.29, 1.82) is 0 Å². The summed E-state index contributed by atoms with van der Waals surface area (Å²) in [4.78, 5) is 3.95. The molecule has 4 nitrogen and oxygen atoms in total. The van der Waals surface area contributed by atoms with Crippen LogP contribution in [0.4, 0.5) is 10.3 Å². The predicted octanol–water partition coefficient (Wildman–Crippen LogP) is 1.57. The molecule has 0 atom stereocenters. The number of anilines is 1. The molecule has 1 aromatic heterocycles. The number of nitrogens with zero attached hydrogens (tertiary/aromatic N) is 3. The van der Waals surface area contributed by atoms with E-state index in [2.05, 4.69) is 15.2 Å². The van der Waals surface area contributed by atoms with Crippen molar-refractivity contribution in [3.63, 3.8) is 0 Å². The zero-order valence-corrected chi connectivity index (χ0v) is 8.11. The SMILES string of the molecule is Cc1ccc(-c2cnnc(N)n2)cc1F. The van der Waals surface area contributed by atoms with Crippen LogP contribution in [0, 0.1) is 12.7 Å². The van der Waals surface area contributed by atoms with E-state index in [1.54, 1.807) is 19.1 Å². The number of hydrogen-bond donors (Lipinski definition) is 1. The molecule has 0 spiro atoms. The predicted molar refractivity (Wildman–Crippen MR) is 54.4 cm³/mol. The van der Waals surface area contributed by atoms with Gasteiger partial charge in [-0.3, -0.25) is 0 Å². The number of halogens is 1. The Morgan fingerprint density at radius 3 is 2.80 bits per heavy atom. The molecule has 0 fully saturated rings. The number of benzene rings is 1. The summed E-state index contributed by atoms with van der Waals surface area (Å²) < 4.78 is 13.3. The molecule has 2 rings (SSSR count). The lowest BCUT2D eigenvalue weighted by atomic mass is 10.1. The van der Waals surface area contributed by atoms with Gasteiger partial charge in [0.15, 0.2) is 0 Å².